The molecule has 0 aliphatic heterocycles. The predicted molar refractivity (Wildman–Crippen MR) is 55.3 cm³/mol. The number of fused-ring (bicyclic) bond motifs is 1. The average Bonchev–Trinajstić information content (AvgIpc) is 2.53. The van der Waals surface area contributed by atoms with Crippen LogP contribution in [0.1, 0.15) is 10.5 Å². The zero-order valence-electron chi connectivity index (χ0n) is 6.99. The molecule has 2 heterocycles. The van der Waals surface area contributed by atoms with Gasteiger partial charge in [-0.25, -0.2) is 9.78 Å². The van der Waals surface area contributed by atoms with Crippen LogP contribution in [-0.4, -0.2) is 21.2 Å². The van der Waals surface area contributed by atoms with Crippen LogP contribution in [0.5, 0.6) is 5.75 Å². The van der Waals surface area contributed by atoms with Crippen molar-refractivity contribution in [3.05, 3.63) is 21.6 Å². The first-order chi connectivity index (χ1) is 7.00. The van der Waals surface area contributed by atoms with E-state index in [0.717, 1.165) is 0 Å². The maximum absolute atomic E-state index is 10.7. The minimum absolute atomic E-state index is 0.106. The van der Waals surface area contributed by atoms with E-state index in [2.05, 4.69) is 20.9 Å². The number of aromatic carboxylic acids is 1. The summed E-state index contributed by atoms with van der Waals surface area (Å²) in [6, 6.07) is 1.42. The number of aromatic hydroxyl groups is 1. The Morgan fingerprint density at radius 2 is 2.27 bits per heavy atom. The third-order valence-corrected chi connectivity index (χ3v) is 2.43. The molecular weight excluding hydrogens is 289 g/mol. The van der Waals surface area contributed by atoms with E-state index < -0.39 is 17.4 Å². The van der Waals surface area contributed by atoms with Gasteiger partial charge in [-0.15, -0.1) is 0 Å². The molecular formula is C8H3BrClNO4. The number of hydrogen-bond donors (Lipinski definition) is 2. The number of rotatable bonds is 1. The van der Waals surface area contributed by atoms with Gasteiger partial charge < -0.3 is 14.6 Å². The van der Waals surface area contributed by atoms with Crippen molar-refractivity contribution >= 4 is 44.5 Å². The van der Waals surface area contributed by atoms with E-state index in [1.807, 2.05) is 0 Å². The Bertz CT molecular complexity index is 565. The SMILES string of the molecule is O=C(O)c1nc(Cl)c2oc(Br)cc2c1O. The van der Waals surface area contributed by atoms with Crippen molar-refractivity contribution in [3.63, 3.8) is 0 Å². The van der Waals surface area contributed by atoms with Gasteiger partial charge in [0.05, 0.1) is 5.39 Å². The zero-order valence-corrected chi connectivity index (χ0v) is 9.33. The largest absolute Gasteiger partial charge is 0.505 e. The topological polar surface area (TPSA) is 83.6 Å². The second-order valence-corrected chi connectivity index (χ2v) is 3.84. The van der Waals surface area contributed by atoms with Gasteiger partial charge in [0.25, 0.3) is 0 Å². The lowest BCUT2D eigenvalue weighted by Gasteiger charge is -2.00. The highest BCUT2D eigenvalue weighted by molar-refractivity contribution is 9.10. The van der Waals surface area contributed by atoms with Crippen molar-refractivity contribution in [2.45, 2.75) is 0 Å². The van der Waals surface area contributed by atoms with E-state index in [9.17, 15) is 9.90 Å². The minimum atomic E-state index is -1.35. The smallest absolute Gasteiger partial charge is 0.358 e. The van der Waals surface area contributed by atoms with E-state index in [0.29, 0.717) is 4.67 Å². The van der Waals surface area contributed by atoms with Crippen molar-refractivity contribution in [1.82, 2.24) is 4.98 Å². The summed E-state index contributed by atoms with van der Waals surface area (Å²) in [5.74, 6) is -1.81. The van der Waals surface area contributed by atoms with Gasteiger partial charge in [-0.1, -0.05) is 11.6 Å². The van der Waals surface area contributed by atoms with Crippen LogP contribution in [0.4, 0.5) is 0 Å². The van der Waals surface area contributed by atoms with Gasteiger partial charge in [0, 0.05) is 6.07 Å². The molecule has 0 amide bonds. The first-order valence-corrected chi connectivity index (χ1v) is 4.88. The van der Waals surface area contributed by atoms with Crippen molar-refractivity contribution in [1.29, 1.82) is 0 Å². The highest BCUT2D eigenvalue weighted by Crippen LogP contribution is 2.35. The van der Waals surface area contributed by atoms with Gasteiger partial charge in [-0.2, -0.15) is 0 Å². The molecule has 2 rings (SSSR count). The lowest BCUT2D eigenvalue weighted by molar-refractivity contribution is 0.0687. The van der Waals surface area contributed by atoms with Crippen molar-refractivity contribution in [2.24, 2.45) is 0 Å². The Labute approximate surface area is 96.4 Å². The number of hydrogen-bond acceptors (Lipinski definition) is 4. The molecule has 0 radical (unpaired) electrons. The van der Waals surface area contributed by atoms with Crippen LogP contribution in [-0.2, 0) is 0 Å². The Kier molecular flexibility index (Phi) is 2.32. The Morgan fingerprint density at radius 1 is 1.60 bits per heavy atom. The van der Waals surface area contributed by atoms with Gasteiger partial charge >= 0.3 is 5.97 Å². The predicted octanol–water partition coefficient (Wildman–Crippen LogP) is 2.65. The molecule has 0 aliphatic rings. The molecule has 0 saturated heterocycles. The number of halogens is 2. The summed E-state index contributed by atoms with van der Waals surface area (Å²) < 4.78 is 5.42. The molecule has 0 spiro atoms. The molecule has 5 nitrogen and oxygen atoms in total. The molecule has 78 valence electrons. The molecule has 0 fully saturated rings. The fourth-order valence-corrected chi connectivity index (χ4v) is 1.78. The van der Waals surface area contributed by atoms with Crippen molar-refractivity contribution in [3.8, 4) is 5.75 Å². The van der Waals surface area contributed by atoms with Gasteiger partial charge in [-0.3, -0.25) is 0 Å². The van der Waals surface area contributed by atoms with Crippen LogP contribution in [0, 0.1) is 0 Å². The summed E-state index contributed by atoms with van der Waals surface area (Å²) in [5, 5.41) is 18.4. The van der Waals surface area contributed by atoms with E-state index >= 15 is 0 Å². The van der Waals surface area contributed by atoms with Crippen LogP contribution in [0.25, 0.3) is 11.0 Å². The quantitative estimate of drug-likeness (QED) is 0.789. The van der Waals surface area contributed by atoms with Crippen LogP contribution >= 0.6 is 27.5 Å². The average molecular weight is 292 g/mol. The number of carboxylic acids is 1. The van der Waals surface area contributed by atoms with Crippen LogP contribution in [0.3, 0.4) is 0 Å². The van der Waals surface area contributed by atoms with Gasteiger partial charge in [0.2, 0.25) is 0 Å². The summed E-state index contributed by atoms with van der Waals surface area (Å²) in [5.41, 5.74) is -0.355. The first-order valence-electron chi connectivity index (χ1n) is 3.71. The highest BCUT2D eigenvalue weighted by atomic mass is 79.9. The lowest BCUT2D eigenvalue weighted by atomic mass is 10.2. The molecule has 0 saturated carbocycles. The fourth-order valence-electron chi connectivity index (χ4n) is 1.17. The molecule has 0 atom stereocenters. The summed E-state index contributed by atoms with van der Waals surface area (Å²) in [4.78, 5) is 14.2. The summed E-state index contributed by atoms with van der Waals surface area (Å²) in [6.45, 7) is 0. The molecule has 0 bridgehead atoms. The van der Waals surface area contributed by atoms with Gasteiger partial charge in [0.15, 0.2) is 26.8 Å². The number of aromatic nitrogens is 1. The fraction of sp³-hybridized carbons (Fsp3) is 0. The van der Waals surface area contributed by atoms with E-state index in [1.165, 1.54) is 6.07 Å². The Hall–Kier alpha value is -1.27. The Balaban J connectivity index is 2.89. The number of furan rings is 1. The first kappa shape index (κ1) is 10.3. The zero-order chi connectivity index (χ0) is 11.2. The molecule has 15 heavy (non-hydrogen) atoms. The molecule has 0 aliphatic carbocycles. The molecule has 0 unspecified atom stereocenters. The number of nitrogens with zero attached hydrogens (tertiary/aromatic N) is 1. The molecule has 0 aromatic carbocycles. The van der Waals surface area contributed by atoms with Gasteiger partial charge in [-0.05, 0) is 15.9 Å². The maximum Gasteiger partial charge on any atom is 0.358 e. The molecule has 2 aromatic heterocycles. The van der Waals surface area contributed by atoms with Crippen molar-refractivity contribution in [2.75, 3.05) is 0 Å². The third kappa shape index (κ3) is 1.55. The molecule has 2 aromatic rings. The van der Waals surface area contributed by atoms with Crippen molar-refractivity contribution < 1.29 is 19.4 Å². The Morgan fingerprint density at radius 3 is 2.87 bits per heavy atom. The monoisotopic (exact) mass is 291 g/mol. The third-order valence-electron chi connectivity index (χ3n) is 1.78. The summed E-state index contributed by atoms with van der Waals surface area (Å²) in [7, 11) is 0. The second-order valence-electron chi connectivity index (χ2n) is 2.70. The number of carbonyl (C=O) groups is 1. The molecule has 7 heteroatoms. The lowest BCUT2D eigenvalue weighted by Crippen LogP contribution is -2.00. The van der Waals surface area contributed by atoms with E-state index in [-0.39, 0.29) is 16.1 Å². The van der Waals surface area contributed by atoms with Crippen LogP contribution in [0.15, 0.2) is 15.2 Å². The minimum Gasteiger partial charge on any atom is -0.505 e. The van der Waals surface area contributed by atoms with Crippen LogP contribution in [0.2, 0.25) is 5.15 Å². The van der Waals surface area contributed by atoms with Crippen LogP contribution < -0.4 is 0 Å². The van der Waals surface area contributed by atoms with E-state index in [4.69, 9.17) is 21.1 Å². The van der Waals surface area contributed by atoms with Gasteiger partial charge in [0.1, 0.15) is 0 Å². The summed E-state index contributed by atoms with van der Waals surface area (Å²) in [6.07, 6.45) is 0. The number of pyridine rings is 1. The summed E-state index contributed by atoms with van der Waals surface area (Å²) >= 11 is 8.73. The normalized spacial score (nSPS) is 10.8. The second kappa shape index (κ2) is 3.39. The molecule has 2 N–H and O–H groups in total. The highest BCUT2D eigenvalue weighted by Gasteiger charge is 2.20. The van der Waals surface area contributed by atoms with E-state index in [1.54, 1.807) is 0 Å². The maximum atomic E-state index is 10.7. The number of carboxylic acid groups (broad SMARTS) is 1. The standard InChI is InChI=1S/C8H3BrClNO4/c9-3-1-2-5(12)4(8(13)14)11-7(10)6(2)15-3/h1,12H,(H,13,14).